The van der Waals surface area contributed by atoms with E-state index in [0.717, 1.165) is 13.0 Å². The van der Waals surface area contributed by atoms with Crippen molar-refractivity contribution in [3.05, 3.63) is 0 Å². The summed E-state index contributed by atoms with van der Waals surface area (Å²) in [7, 11) is 0. The van der Waals surface area contributed by atoms with E-state index in [2.05, 4.69) is 0 Å². The third kappa shape index (κ3) is 3.70. The fourth-order valence-corrected chi connectivity index (χ4v) is 2.02. The summed E-state index contributed by atoms with van der Waals surface area (Å²) in [4.78, 5) is 27.1. The largest absolute Gasteiger partial charge is 0.341 e. The molecule has 17 heavy (non-hydrogen) atoms. The lowest BCUT2D eigenvalue weighted by atomic mass is 10.2. The molecule has 0 saturated carbocycles. The summed E-state index contributed by atoms with van der Waals surface area (Å²) in [5.74, 6) is 0.178. The minimum Gasteiger partial charge on any atom is -0.341 e. The monoisotopic (exact) mass is 241 g/mol. The van der Waals surface area contributed by atoms with Gasteiger partial charge in [-0.25, -0.2) is 0 Å². The van der Waals surface area contributed by atoms with Gasteiger partial charge in [0.1, 0.15) is 0 Å². The van der Waals surface area contributed by atoms with E-state index in [1.807, 2.05) is 18.7 Å². The Kier molecular flexibility index (Phi) is 5.41. The molecule has 0 bridgehead atoms. The zero-order valence-corrected chi connectivity index (χ0v) is 10.8. The van der Waals surface area contributed by atoms with Crippen LogP contribution in [0.5, 0.6) is 0 Å². The van der Waals surface area contributed by atoms with Crippen LogP contribution in [0.4, 0.5) is 0 Å². The smallest absolute Gasteiger partial charge is 0.239 e. The van der Waals surface area contributed by atoms with E-state index in [0.29, 0.717) is 32.5 Å². The van der Waals surface area contributed by atoms with E-state index < -0.39 is 6.04 Å². The number of carbonyl (C=O) groups excluding carboxylic acids is 2. The van der Waals surface area contributed by atoms with Crippen molar-refractivity contribution in [3.63, 3.8) is 0 Å². The summed E-state index contributed by atoms with van der Waals surface area (Å²) < 4.78 is 0. The molecule has 2 amide bonds. The van der Waals surface area contributed by atoms with Crippen molar-refractivity contribution in [2.45, 2.75) is 39.2 Å². The summed E-state index contributed by atoms with van der Waals surface area (Å²) in [6, 6.07) is -0.400. The van der Waals surface area contributed by atoms with Gasteiger partial charge in [-0.15, -0.1) is 0 Å². The summed E-state index contributed by atoms with van der Waals surface area (Å²) in [6.45, 7) is 6.47. The van der Waals surface area contributed by atoms with Crippen molar-refractivity contribution in [1.29, 1.82) is 0 Å². The van der Waals surface area contributed by atoms with E-state index in [1.54, 1.807) is 4.90 Å². The Hall–Kier alpha value is -1.10. The summed E-state index contributed by atoms with van der Waals surface area (Å²) in [5, 5.41) is 0. The normalized spacial score (nSPS) is 18.8. The molecule has 0 aromatic rings. The number of hydrogen-bond donors (Lipinski definition) is 1. The second-order valence-corrected chi connectivity index (χ2v) is 4.43. The zero-order chi connectivity index (χ0) is 12.8. The maximum absolute atomic E-state index is 11.9. The summed E-state index contributed by atoms with van der Waals surface area (Å²) >= 11 is 0. The lowest BCUT2D eigenvalue weighted by molar-refractivity contribution is -0.134. The number of nitrogens with zero attached hydrogens (tertiary/aromatic N) is 2. The minimum atomic E-state index is -0.400. The highest BCUT2D eigenvalue weighted by molar-refractivity contribution is 5.81. The first kappa shape index (κ1) is 14.0. The van der Waals surface area contributed by atoms with Crippen LogP contribution in [0.3, 0.4) is 0 Å². The van der Waals surface area contributed by atoms with Crippen LogP contribution in [0.15, 0.2) is 0 Å². The third-order valence-corrected chi connectivity index (χ3v) is 3.22. The van der Waals surface area contributed by atoms with Crippen LogP contribution in [-0.2, 0) is 9.59 Å². The Balaban J connectivity index is 2.53. The van der Waals surface area contributed by atoms with Crippen molar-refractivity contribution in [3.8, 4) is 0 Å². The number of nitrogens with two attached hydrogens (primary N) is 1. The Morgan fingerprint density at radius 2 is 1.71 bits per heavy atom. The Morgan fingerprint density at radius 1 is 1.12 bits per heavy atom. The molecule has 1 aliphatic heterocycles. The third-order valence-electron chi connectivity index (χ3n) is 3.22. The van der Waals surface area contributed by atoms with Crippen LogP contribution in [0.1, 0.15) is 33.1 Å². The van der Waals surface area contributed by atoms with Crippen LogP contribution in [0.2, 0.25) is 0 Å². The molecule has 0 aromatic carbocycles. The van der Waals surface area contributed by atoms with E-state index in [4.69, 9.17) is 5.73 Å². The maximum atomic E-state index is 11.9. The second kappa shape index (κ2) is 6.59. The molecular weight excluding hydrogens is 218 g/mol. The average Bonchev–Trinajstić information content (AvgIpc) is 2.61. The summed E-state index contributed by atoms with van der Waals surface area (Å²) in [6.07, 6.45) is 2.03. The van der Waals surface area contributed by atoms with E-state index >= 15 is 0 Å². The first-order valence-corrected chi connectivity index (χ1v) is 6.42. The van der Waals surface area contributed by atoms with Crippen molar-refractivity contribution in [2.75, 3.05) is 26.2 Å². The van der Waals surface area contributed by atoms with Gasteiger partial charge in [0, 0.05) is 32.6 Å². The van der Waals surface area contributed by atoms with Crippen LogP contribution in [0.25, 0.3) is 0 Å². The lowest BCUT2D eigenvalue weighted by Gasteiger charge is -2.24. The second-order valence-electron chi connectivity index (χ2n) is 4.43. The fraction of sp³-hybridized carbons (Fsp3) is 0.833. The van der Waals surface area contributed by atoms with Gasteiger partial charge in [-0.1, -0.05) is 13.8 Å². The predicted molar refractivity (Wildman–Crippen MR) is 66.3 cm³/mol. The molecule has 1 aliphatic rings. The number of carbonyl (C=O) groups is 2. The predicted octanol–water partition coefficient (Wildman–Crippen LogP) is 0.195. The minimum absolute atomic E-state index is 0.0123. The molecule has 1 rings (SSSR count). The molecule has 0 spiro atoms. The highest BCUT2D eigenvalue weighted by atomic mass is 16.2. The molecule has 0 aliphatic carbocycles. The van der Waals surface area contributed by atoms with Gasteiger partial charge in [-0.3, -0.25) is 9.59 Å². The van der Waals surface area contributed by atoms with E-state index in [9.17, 15) is 9.59 Å². The Labute approximate surface area is 103 Å². The quantitative estimate of drug-likeness (QED) is 0.767. The molecular formula is C12H23N3O2. The van der Waals surface area contributed by atoms with Crippen LogP contribution in [0, 0.1) is 0 Å². The molecule has 1 heterocycles. The van der Waals surface area contributed by atoms with E-state index in [1.165, 1.54) is 0 Å². The maximum Gasteiger partial charge on any atom is 0.239 e. The van der Waals surface area contributed by atoms with Crippen molar-refractivity contribution < 1.29 is 9.59 Å². The zero-order valence-electron chi connectivity index (χ0n) is 10.8. The van der Waals surface area contributed by atoms with Gasteiger partial charge < -0.3 is 15.5 Å². The van der Waals surface area contributed by atoms with Crippen LogP contribution in [-0.4, -0.2) is 53.8 Å². The Bertz CT molecular complexity index is 281. The number of rotatable bonds is 3. The van der Waals surface area contributed by atoms with Crippen molar-refractivity contribution >= 4 is 11.8 Å². The first-order chi connectivity index (χ1) is 8.10. The standard InChI is InChI=1S/C12H23N3O2/c1-3-10(13)12(17)15-7-5-6-14(8-9-15)11(16)4-2/h10H,3-9,13H2,1-2H3/t10-/m0/s1. The highest BCUT2D eigenvalue weighted by Gasteiger charge is 2.23. The van der Waals surface area contributed by atoms with Crippen LogP contribution < -0.4 is 5.73 Å². The van der Waals surface area contributed by atoms with Gasteiger partial charge >= 0.3 is 0 Å². The molecule has 0 unspecified atom stereocenters. The first-order valence-electron chi connectivity index (χ1n) is 6.42. The highest BCUT2D eigenvalue weighted by Crippen LogP contribution is 2.07. The van der Waals surface area contributed by atoms with E-state index in [-0.39, 0.29) is 11.8 Å². The molecule has 1 atom stereocenters. The molecule has 5 nitrogen and oxygen atoms in total. The summed E-state index contributed by atoms with van der Waals surface area (Å²) in [5.41, 5.74) is 5.75. The number of hydrogen-bond acceptors (Lipinski definition) is 3. The average molecular weight is 241 g/mol. The van der Waals surface area contributed by atoms with Gasteiger partial charge in [0.15, 0.2) is 0 Å². The van der Waals surface area contributed by atoms with Crippen LogP contribution >= 0.6 is 0 Å². The van der Waals surface area contributed by atoms with Gasteiger partial charge in [0.2, 0.25) is 11.8 Å². The topological polar surface area (TPSA) is 66.6 Å². The molecule has 0 radical (unpaired) electrons. The fourth-order valence-electron chi connectivity index (χ4n) is 2.02. The van der Waals surface area contributed by atoms with Gasteiger partial charge in [0.25, 0.3) is 0 Å². The lowest BCUT2D eigenvalue weighted by Crippen LogP contribution is -2.45. The molecule has 5 heteroatoms. The molecule has 2 N–H and O–H groups in total. The molecule has 1 fully saturated rings. The molecule has 98 valence electrons. The Morgan fingerprint density at radius 3 is 2.29 bits per heavy atom. The van der Waals surface area contributed by atoms with Gasteiger partial charge in [-0.2, -0.15) is 0 Å². The SMILES string of the molecule is CCC(=O)N1CCCN(C(=O)[C@@H](N)CC)CC1. The number of amides is 2. The molecule has 0 aromatic heterocycles. The van der Waals surface area contributed by atoms with Crippen molar-refractivity contribution in [2.24, 2.45) is 5.73 Å². The molecule has 1 saturated heterocycles. The van der Waals surface area contributed by atoms with Crippen molar-refractivity contribution in [1.82, 2.24) is 9.80 Å². The van der Waals surface area contributed by atoms with Gasteiger partial charge in [0.05, 0.1) is 6.04 Å². The van der Waals surface area contributed by atoms with Gasteiger partial charge in [-0.05, 0) is 12.8 Å².